The van der Waals surface area contributed by atoms with Crippen LogP contribution in [-0.2, 0) is 68.2 Å². The molecule has 0 saturated carbocycles. The van der Waals surface area contributed by atoms with E-state index in [1.165, 1.54) is 19.4 Å². The number of hydrogen-bond acceptors (Lipinski definition) is 18. The van der Waals surface area contributed by atoms with Crippen LogP contribution >= 0.6 is 7.82 Å². The second-order valence-electron chi connectivity index (χ2n) is 18.4. The SMILES string of the molecule is CC(C)C[C@H](NC(=O)[C@H](CO)NC(=O)[C@H](C)NC(=O)[C@@H]1CCCN1C(=O)[C@H](CO)NC(=O)[C@H](COP(=O)(O)O)NC(=O)[C@H](Cc1cnc[nH]1)NC(=O)[C@H](CO)NC(=O)[C@@H](N)CCC[NH+]=C(N)N)C(=O)N[C@H](C=O)CCC(N)=O. The van der Waals surface area contributed by atoms with Crippen LogP contribution in [0.4, 0.5) is 0 Å². The minimum absolute atomic E-state index is 0.000181. The summed E-state index contributed by atoms with van der Waals surface area (Å²) in [6.07, 6.45) is 2.81. The molecule has 0 aromatic carbocycles. The molecule has 0 radical (unpaired) electrons. The molecule has 2 heterocycles. The van der Waals surface area contributed by atoms with Gasteiger partial charge in [-0.05, 0) is 51.4 Å². The number of aldehydes is 1. The molecule has 10 atom stereocenters. The molecule has 1 aromatic heterocycles. The number of likely N-dealkylation sites (tertiary alicyclic amines) is 1. The van der Waals surface area contributed by atoms with Crippen LogP contribution in [0.5, 0.6) is 0 Å². The summed E-state index contributed by atoms with van der Waals surface area (Å²) in [5.41, 5.74) is 22.0. The van der Waals surface area contributed by atoms with Gasteiger partial charge in [0.25, 0.3) is 0 Å². The van der Waals surface area contributed by atoms with Gasteiger partial charge in [-0.2, -0.15) is 0 Å². The summed E-state index contributed by atoms with van der Waals surface area (Å²) in [5, 5.41) is 48.7. The van der Waals surface area contributed by atoms with Crippen molar-refractivity contribution in [3.63, 3.8) is 0 Å². The Bertz CT molecular complexity index is 2300. The molecule has 438 valence electrons. The summed E-state index contributed by atoms with van der Waals surface area (Å²) >= 11 is 0. The zero-order valence-corrected chi connectivity index (χ0v) is 44.1. The van der Waals surface area contributed by atoms with Crippen LogP contribution in [0.25, 0.3) is 0 Å². The van der Waals surface area contributed by atoms with E-state index in [0.29, 0.717) is 12.7 Å². The summed E-state index contributed by atoms with van der Waals surface area (Å²) in [4.78, 5) is 173. The van der Waals surface area contributed by atoms with Gasteiger partial charge >= 0.3 is 13.8 Å². The van der Waals surface area contributed by atoms with Crippen LogP contribution in [0.1, 0.15) is 71.4 Å². The van der Waals surface area contributed by atoms with Crippen molar-refractivity contribution in [1.82, 2.24) is 57.4 Å². The average Bonchev–Trinajstić information content (AvgIpc) is 4.09. The molecule has 1 aliphatic heterocycles. The Kier molecular flexibility index (Phi) is 28.5. The number of nitrogens with two attached hydrogens (primary N) is 4. The standard InChI is InChI=1S/C43H73N16O18P/c1-21(2)12-26(36(67)52-23(15-60)8-9-33(45)64)53-38(69)28(16-61)55-34(65)22(3)51-41(72)32-7-5-11-59(32)42(73)30(18-63)57-40(71)31(19-77-78(74,75)76)58-37(68)27(13-24-14-48-20-50-24)54-39(70)29(17-62)56-35(66)25(44)6-4-10-49-43(46)47/h14-15,20-23,25-32,61-63H,4-13,16-19,44H2,1-3H3,(H2,45,64)(H,48,50)(H,51,72)(H,52,67)(H,53,69)(H,54,70)(H,55,65)(H,56,66)(H,57,71)(H,58,68)(H4,46,47,49)(H2,74,75,76)/p+1/t22-,23-,25-,26-,27-,28-,29-,30-,31-,32-/m0/s1. The average molecular weight is 1130 g/mol. The second-order valence-corrected chi connectivity index (χ2v) is 19.7. The number of carbonyl (C=O) groups excluding carboxylic acids is 11. The van der Waals surface area contributed by atoms with E-state index in [2.05, 4.69) is 62.0 Å². The number of aromatic nitrogens is 2. The number of aliphatic hydroxyl groups is 3. The Balaban J connectivity index is 2.22. The molecular weight excluding hydrogens is 1060 g/mol. The molecule has 0 bridgehead atoms. The Hall–Kier alpha value is -7.20. The molecule has 0 aliphatic carbocycles. The van der Waals surface area contributed by atoms with E-state index in [-0.39, 0.29) is 69.2 Å². The van der Waals surface area contributed by atoms with Gasteiger partial charge in [0.15, 0.2) is 0 Å². The largest absolute Gasteiger partial charge is 0.469 e. The van der Waals surface area contributed by atoms with Crippen LogP contribution in [0.15, 0.2) is 12.5 Å². The quantitative estimate of drug-likeness (QED) is 0.00986. The molecule has 1 aromatic rings. The van der Waals surface area contributed by atoms with Crippen LogP contribution in [0.3, 0.4) is 0 Å². The van der Waals surface area contributed by atoms with Gasteiger partial charge in [-0.1, -0.05) is 13.8 Å². The fourth-order valence-electron chi connectivity index (χ4n) is 7.44. The number of nitrogens with zero attached hydrogens (tertiary/aromatic N) is 2. The minimum Gasteiger partial charge on any atom is -0.394 e. The van der Waals surface area contributed by atoms with Crippen molar-refractivity contribution in [2.75, 3.05) is 39.5 Å². The number of rotatable bonds is 35. The summed E-state index contributed by atoms with van der Waals surface area (Å²) in [5.74, 6) is -10.3. The fourth-order valence-corrected chi connectivity index (χ4v) is 7.78. The first kappa shape index (κ1) is 66.9. The monoisotopic (exact) mass is 1130 g/mol. The third-order valence-corrected chi connectivity index (χ3v) is 12.1. The molecular formula is C43H74N16O18P+. The second kappa shape index (κ2) is 33.2. The molecule has 0 spiro atoms. The van der Waals surface area contributed by atoms with Gasteiger partial charge in [-0.15, -0.1) is 0 Å². The number of amides is 10. The minimum atomic E-state index is -5.38. The molecule has 1 fully saturated rings. The lowest BCUT2D eigenvalue weighted by molar-refractivity contribution is -0.459. The van der Waals surface area contributed by atoms with E-state index in [9.17, 15) is 82.4 Å². The molecule has 1 aliphatic rings. The Morgan fingerprint density at radius 3 is 1.85 bits per heavy atom. The lowest BCUT2D eigenvalue weighted by Crippen LogP contribution is -2.78. The Morgan fingerprint density at radius 1 is 0.769 bits per heavy atom. The van der Waals surface area contributed by atoms with Crippen LogP contribution in [-0.4, -0.2) is 211 Å². The first-order valence-corrected chi connectivity index (χ1v) is 26.0. The highest BCUT2D eigenvalue weighted by molar-refractivity contribution is 7.46. The number of H-pyrrole nitrogens is 1. The van der Waals surface area contributed by atoms with Crippen molar-refractivity contribution in [3.8, 4) is 0 Å². The predicted molar refractivity (Wildman–Crippen MR) is 268 cm³/mol. The first-order chi connectivity index (χ1) is 36.6. The first-order valence-electron chi connectivity index (χ1n) is 24.5. The maximum Gasteiger partial charge on any atom is 0.469 e. The van der Waals surface area contributed by atoms with Crippen LogP contribution in [0.2, 0.25) is 0 Å². The van der Waals surface area contributed by atoms with Crippen molar-refractivity contribution >= 4 is 79.1 Å². The van der Waals surface area contributed by atoms with E-state index in [0.717, 1.165) is 4.90 Å². The molecule has 10 amide bonds. The molecule has 2 rings (SSSR count). The zero-order chi connectivity index (χ0) is 58.9. The molecule has 0 unspecified atom stereocenters. The van der Waals surface area contributed by atoms with E-state index < -0.39 is 160 Å². The van der Waals surface area contributed by atoms with Gasteiger partial charge in [0.05, 0.1) is 51.4 Å². The predicted octanol–water partition coefficient (Wildman–Crippen LogP) is -11.1. The van der Waals surface area contributed by atoms with E-state index in [1.807, 2.05) is 0 Å². The van der Waals surface area contributed by atoms with Gasteiger partial charge < -0.3 is 93.8 Å². The van der Waals surface area contributed by atoms with Gasteiger partial charge in [-0.3, -0.25) is 68.9 Å². The molecule has 23 N–H and O–H groups in total. The van der Waals surface area contributed by atoms with Crippen molar-refractivity contribution in [3.05, 3.63) is 18.2 Å². The number of hydrogen-bond donors (Lipinski definition) is 19. The van der Waals surface area contributed by atoms with Crippen LogP contribution in [0, 0.1) is 5.92 Å². The number of guanidine groups is 1. The summed E-state index contributed by atoms with van der Waals surface area (Å²) in [7, 11) is -5.38. The third kappa shape index (κ3) is 23.6. The highest BCUT2D eigenvalue weighted by Gasteiger charge is 2.40. The smallest absolute Gasteiger partial charge is 0.394 e. The lowest BCUT2D eigenvalue weighted by atomic mass is 10.0. The highest BCUT2D eigenvalue weighted by Crippen LogP contribution is 2.35. The van der Waals surface area contributed by atoms with Gasteiger partial charge in [0.2, 0.25) is 59.1 Å². The number of nitrogens with one attached hydrogen (secondary N) is 10. The van der Waals surface area contributed by atoms with Gasteiger partial charge in [0, 0.05) is 31.3 Å². The van der Waals surface area contributed by atoms with Crippen molar-refractivity contribution in [2.24, 2.45) is 28.9 Å². The highest BCUT2D eigenvalue weighted by atomic mass is 31.2. The van der Waals surface area contributed by atoms with Crippen molar-refractivity contribution in [1.29, 1.82) is 0 Å². The van der Waals surface area contributed by atoms with Crippen molar-refractivity contribution < 1.29 is 91.9 Å². The number of carbonyl (C=O) groups is 11. The number of imidazole rings is 1. The van der Waals surface area contributed by atoms with E-state index >= 15 is 0 Å². The number of aliphatic hydroxyl groups excluding tert-OH is 3. The summed E-state index contributed by atoms with van der Waals surface area (Å²) in [6, 6.07) is -15.3. The van der Waals surface area contributed by atoms with Gasteiger partial charge in [-0.25, -0.2) is 9.55 Å². The normalized spacial score (nSPS) is 16.7. The number of primary amides is 1. The lowest BCUT2D eigenvalue weighted by Gasteiger charge is -2.30. The van der Waals surface area contributed by atoms with Crippen LogP contribution < -0.4 is 70.5 Å². The van der Waals surface area contributed by atoms with E-state index in [4.69, 9.17) is 22.9 Å². The molecule has 35 heteroatoms. The zero-order valence-electron chi connectivity index (χ0n) is 43.2. The number of aromatic amines is 1. The van der Waals surface area contributed by atoms with Crippen molar-refractivity contribution in [2.45, 2.75) is 133 Å². The van der Waals surface area contributed by atoms with E-state index in [1.54, 1.807) is 13.8 Å². The summed E-state index contributed by atoms with van der Waals surface area (Å²) < 4.78 is 16.3. The van der Waals surface area contributed by atoms with Gasteiger partial charge in [0.1, 0.15) is 54.6 Å². The molecule has 78 heavy (non-hydrogen) atoms. The topological polar surface area (TPSA) is 561 Å². The molecule has 1 saturated heterocycles. The Labute approximate surface area is 446 Å². The fraction of sp³-hybridized carbons (Fsp3) is 0.651. The maximum atomic E-state index is 13.9. The number of phosphoric ester groups is 1. The summed E-state index contributed by atoms with van der Waals surface area (Å²) in [6.45, 7) is 0.442. The number of phosphoric acid groups is 1. The maximum absolute atomic E-state index is 13.9. The Morgan fingerprint density at radius 2 is 1.31 bits per heavy atom. The third-order valence-electron chi connectivity index (χ3n) is 11.6. The molecule has 34 nitrogen and oxygen atoms in total.